The number of ether oxygens (including phenoxy) is 1. The van der Waals surface area contributed by atoms with Gasteiger partial charge in [-0.1, -0.05) is 0 Å². The lowest BCUT2D eigenvalue weighted by Gasteiger charge is -2.21. The number of hydrogen-bond donors (Lipinski definition) is 1. The molecule has 13 heavy (non-hydrogen) atoms. The first-order chi connectivity index (χ1) is 6.31. The van der Waals surface area contributed by atoms with E-state index in [0.29, 0.717) is 0 Å². The number of methoxy groups -OCH3 is 1. The zero-order chi connectivity index (χ0) is 9.26. The molecule has 0 fully saturated rings. The standard InChI is InChI=1S/C9H11NO2S/c1-12-9(11)7-4-8-6(5-10-7)2-3-13-8/h2-3,7,10H,4-5H2,1H3/t7-/m0/s1. The average molecular weight is 197 g/mol. The molecule has 2 rings (SSSR count). The highest BCUT2D eigenvalue weighted by atomic mass is 32.1. The van der Waals surface area contributed by atoms with Crippen LogP contribution in [0.1, 0.15) is 10.4 Å². The molecule has 2 heterocycles. The highest BCUT2D eigenvalue weighted by Gasteiger charge is 2.25. The van der Waals surface area contributed by atoms with Gasteiger partial charge in [0.2, 0.25) is 0 Å². The minimum Gasteiger partial charge on any atom is -0.468 e. The van der Waals surface area contributed by atoms with E-state index >= 15 is 0 Å². The first-order valence-corrected chi connectivity index (χ1v) is 5.05. The Kier molecular flexibility index (Phi) is 2.33. The summed E-state index contributed by atoms with van der Waals surface area (Å²) < 4.78 is 4.68. The summed E-state index contributed by atoms with van der Waals surface area (Å²) in [6.45, 7) is 0.776. The van der Waals surface area contributed by atoms with Crippen molar-refractivity contribution in [3.8, 4) is 0 Å². The zero-order valence-electron chi connectivity index (χ0n) is 7.37. The predicted octanol–water partition coefficient (Wildman–Crippen LogP) is 0.935. The van der Waals surface area contributed by atoms with E-state index in [1.807, 2.05) is 0 Å². The molecule has 0 unspecified atom stereocenters. The molecule has 0 saturated heterocycles. The van der Waals surface area contributed by atoms with Crippen molar-refractivity contribution >= 4 is 17.3 Å². The van der Waals surface area contributed by atoms with Crippen LogP contribution in [-0.2, 0) is 22.5 Å². The van der Waals surface area contributed by atoms with Crippen LogP contribution in [-0.4, -0.2) is 19.1 Å². The molecule has 0 spiro atoms. The van der Waals surface area contributed by atoms with E-state index in [0.717, 1.165) is 13.0 Å². The molecule has 3 nitrogen and oxygen atoms in total. The van der Waals surface area contributed by atoms with Gasteiger partial charge in [-0.05, 0) is 17.0 Å². The molecule has 1 aliphatic rings. The highest BCUT2D eigenvalue weighted by molar-refractivity contribution is 7.10. The monoisotopic (exact) mass is 197 g/mol. The number of carbonyl (C=O) groups is 1. The molecule has 0 radical (unpaired) electrons. The first-order valence-electron chi connectivity index (χ1n) is 4.17. The maximum atomic E-state index is 11.2. The third-order valence-corrected chi connectivity index (χ3v) is 3.24. The van der Waals surface area contributed by atoms with Gasteiger partial charge in [-0.3, -0.25) is 10.1 Å². The van der Waals surface area contributed by atoms with E-state index in [-0.39, 0.29) is 12.0 Å². The van der Waals surface area contributed by atoms with E-state index < -0.39 is 0 Å². The fraction of sp³-hybridized carbons (Fsp3) is 0.444. The Morgan fingerprint density at radius 2 is 2.62 bits per heavy atom. The van der Waals surface area contributed by atoms with Crippen LogP contribution in [0, 0.1) is 0 Å². The van der Waals surface area contributed by atoms with Crippen LogP contribution in [0.4, 0.5) is 0 Å². The minimum atomic E-state index is -0.168. The summed E-state index contributed by atoms with van der Waals surface area (Å²) in [5, 5.41) is 5.21. The van der Waals surface area contributed by atoms with E-state index in [9.17, 15) is 4.79 Å². The van der Waals surface area contributed by atoms with E-state index in [1.54, 1.807) is 11.3 Å². The second-order valence-corrected chi connectivity index (χ2v) is 4.03. The van der Waals surface area contributed by atoms with Crippen molar-refractivity contribution in [3.63, 3.8) is 0 Å². The molecular formula is C9H11NO2S. The highest BCUT2D eigenvalue weighted by Crippen LogP contribution is 2.22. The molecule has 1 atom stereocenters. The fourth-order valence-electron chi connectivity index (χ4n) is 1.50. The number of hydrogen-bond acceptors (Lipinski definition) is 4. The summed E-state index contributed by atoms with van der Waals surface area (Å²) in [5.41, 5.74) is 1.31. The SMILES string of the molecule is COC(=O)[C@@H]1Cc2sccc2CN1. The average Bonchev–Trinajstić information content (AvgIpc) is 2.63. The normalized spacial score (nSPS) is 20.8. The Hall–Kier alpha value is -0.870. The Morgan fingerprint density at radius 1 is 1.77 bits per heavy atom. The Labute approximate surface area is 80.7 Å². The van der Waals surface area contributed by atoms with Gasteiger partial charge in [0.25, 0.3) is 0 Å². The van der Waals surface area contributed by atoms with Crippen LogP contribution in [0.2, 0.25) is 0 Å². The van der Waals surface area contributed by atoms with Crippen molar-refractivity contribution in [1.29, 1.82) is 0 Å². The summed E-state index contributed by atoms with van der Waals surface area (Å²) in [6, 6.07) is 1.94. The molecule has 0 bridgehead atoms. The Bertz CT molecular complexity index is 321. The number of carbonyl (C=O) groups excluding carboxylic acids is 1. The van der Waals surface area contributed by atoms with Gasteiger partial charge in [0, 0.05) is 17.8 Å². The largest absolute Gasteiger partial charge is 0.468 e. The molecular weight excluding hydrogens is 186 g/mol. The summed E-state index contributed by atoms with van der Waals surface area (Å²) in [5.74, 6) is -0.168. The lowest BCUT2D eigenvalue weighted by Crippen LogP contribution is -2.41. The van der Waals surface area contributed by atoms with Gasteiger partial charge in [0.1, 0.15) is 6.04 Å². The number of thiophene rings is 1. The number of rotatable bonds is 1. The second-order valence-electron chi connectivity index (χ2n) is 3.03. The Balaban J connectivity index is 2.13. The first kappa shape index (κ1) is 8.72. The molecule has 1 aliphatic heterocycles. The minimum absolute atomic E-state index is 0.156. The van der Waals surface area contributed by atoms with Gasteiger partial charge in [-0.25, -0.2) is 0 Å². The number of fused-ring (bicyclic) bond motifs is 1. The van der Waals surface area contributed by atoms with Crippen molar-refractivity contribution in [3.05, 3.63) is 21.9 Å². The van der Waals surface area contributed by atoms with Gasteiger partial charge < -0.3 is 4.74 Å². The van der Waals surface area contributed by atoms with Crippen LogP contribution < -0.4 is 5.32 Å². The van der Waals surface area contributed by atoms with Gasteiger partial charge in [-0.15, -0.1) is 11.3 Å². The molecule has 0 amide bonds. The van der Waals surface area contributed by atoms with E-state index in [4.69, 9.17) is 0 Å². The summed E-state index contributed by atoms with van der Waals surface area (Å²) in [6.07, 6.45) is 0.764. The molecule has 1 aromatic heterocycles. The van der Waals surface area contributed by atoms with Crippen molar-refractivity contribution in [1.82, 2.24) is 5.32 Å². The zero-order valence-corrected chi connectivity index (χ0v) is 8.19. The molecule has 1 N–H and O–H groups in total. The lowest BCUT2D eigenvalue weighted by atomic mass is 10.1. The van der Waals surface area contributed by atoms with Crippen molar-refractivity contribution < 1.29 is 9.53 Å². The lowest BCUT2D eigenvalue weighted by molar-refractivity contribution is -0.143. The molecule has 70 valence electrons. The molecule has 1 aromatic rings. The predicted molar refractivity (Wildman–Crippen MR) is 50.7 cm³/mol. The molecule has 0 saturated carbocycles. The third kappa shape index (κ3) is 1.59. The van der Waals surface area contributed by atoms with Gasteiger partial charge in [0.15, 0.2) is 0 Å². The van der Waals surface area contributed by atoms with E-state index in [2.05, 4.69) is 21.5 Å². The van der Waals surface area contributed by atoms with Crippen molar-refractivity contribution in [2.24, 2.45) is 0 Å². The maximum Gasteiger partial charge on any atom is 0.323 e. The number of esters is 1. The second kappa shape index (κ2) is 3.47. The summed E-state index contributed by atoms with van der Waals surface area (Å²) in [7, 11) is 1.42. The van der Waals surface area contributed by atoms with Crippen LogP contribution in [0.3, 0.4) is 0 Å². The smallest absolute Gasteiger partial charge is 0.323 e. The third-order valence-electron chi connectivity index (χ3n) is 2.25. The van der Waals surface area contributed by atoms with E-state index in [1.165, 1.54) is 17.6 Å². The Morgan fingerprint density at radius 3 is 3.38 bits per heavy atom. The number of nitrogens with one attached hydrogen (secondary N) is 1. The fourth-order valence-corrected chi connectivity index (χ4v) is 2.45. The van der Waals surface area contributed by atoms with Gasteiger partial charge >= 0.3 is 5.97 Å². The van der Waals surface area contributed by atoms with Crippen molar-refractivity contribution in [2.75, 3.05) is 7.11 Å². The van der Waals surface area contributed by atoms with Gasteiger partial charge in [0.05, 0.1) is 7.11 Å². The van der Waals surface area contributed by atoms with Crippen LogP contribution in [0.5, 0.6) is 0 Å². The quantitative estimate of drug-likeness (QED) is 0.681. The topological polar surface area (TPSA) is 38.3 Å². The van der Waals surface area contributed by atoms with Gasteiger partial charge in [-0.2, -0.15) is 0 Å². The molecule has 0 aromatic carbocycles. The summed E-state index contributed by atoms with van der Waals surface area (Å²) in [4.78, 5) is 12.5. The van der Waals surface area contributed by atoms with Crippen LogP contribution >= 0.6 is 11.3 Å². The molecule has 4 heteroatoms. The van der Waals surface area contributed by atoms with Crippen molar-refractivity contribution in [2.45, 2.75) is 19.0 Å². The summed E-state index contributed by atoms with van der Waals surface area (Å²) >= 11 is 1.71. The van der Waals surface area contributed by atoms with Crippen LogP contribution in [0.25, 0.3) is 0 Å². The molecule has 0 aliphatic carbocycles. The van der Waals surface area contributed by atoms with Crippen LogP contribution in [0.15, 0.2) is 11.4 Å². The maximum absolute atomic E-state index is 11.2.